The van der Waals surface area contributed by atoms with E-state index in [1.807, 2.05) is 53.8 Å². The van der Waals surface area contributed by atoms with Crippen LogP contribution >= 0.6 is 0 Å². The topological polar surface area (TPSA) is 59.4 Å². The van der Waals surface area contributed by atoms with Crippen molar-refractivity contribution in [2.75, 3.05) is 25.0 Å². The molecule has 1 fully saturated rings. The molecule has 3 rings (SSSR count). The zero-order valence-corrected chi connectivity index (χ0v) is 14.5. The maximum Gasteiger partial charge on any atom is 0.322 e. The molecule has 1 aliphatic heterocycles. The first kappa shape index (κ1) is 16.5. The van der Waals surface area contributed by atoms with Crippen LogP contribution < -0.4 is 5.32 Å². The van der Waals surface area contributed by atoms with E-state index in [4.69, 9.17) is 4.74 Å². The van der Waals surface area contributed by atoms with Crippen LogP contribution in [0.3, 0.4) is 0 Å². The predicted molar refractivity (Wildman–Crippen MR) is 93.5 cm³/mol. The summed E-state index contributed by atoms with van der Waals surface area (Å²) in [6.07, 6.45) is 2.57. The highest BCUT2D eigenvalue weighted by Crippen LogP contribution is 2.23. The van der Waals surface area contributed by atoms with Gasteiger partial charge in [0, 0.05) is 6.54 Å². The molecular formula is C18H24N4O2. The first-order chi connectivity index (χ1) is 11.5. The molecule has 1 N–H and O–H groups in total. The number of rotatable bonds is 3. The number of anilines is 1. The molecule has 1 aromatic carbocycles. The third kappa shape index (κ3) is 3.28. The van der Waals surface area contributed by atoms with E-state index in [1.54, 1.807) is 6.20 Å². The van der Waals surface area contributed by atoms with Crippen molar-refractivity contribution in [3.8, 4) is 5.69 Å². The molecule has 2 amide bonds. The molecule has 6 heteroatoms. The van der Waals surface area contributed by atoms with E-state index in [-0.39, 0.29) is 11.6 Å². The third-order valence-corrected chi connectivity index (χ3v) is 4.62. The summed E-state index contributed by atoms with van der Waals surface area (Å²) >= 11 is 0. The van der Waals surface area contributed by atoms with Crippen molar-refractivity contribution in [2.45, 2.75) is 32.8 Å². The van der Waals surface area contributed by atoms with Gasteiger partial charge >= 0.3 is 6.03 Å². The zero-order chi connectivity index (χ0) is 17.2. The minimum Gasteiger partial charge on any atom is -0.372 e. The number of hydrogen-bond acceptors (Lipinski definition) is 3. The second-order valence-corrected chi connectivity index (χ2v) is 6.39. The molecule has 0 radical (unpaired) electrons. The fraction of sp³-hybridized carbons (Fsp3) is 0.444. The Balaban J connectivity index is 1.73. The average molecular weight is 328 g/mol. The maximum atomic E-state index is 12.6. The zero-order valence-electron chi connectivity index (χ0n) is 14.5. The van der Waals surface area contributed by atoms with Gasteiger partial charge in [-0.05, 0) is 32.4 Å². The van der Waals surface area contributed by atoms with Gasteiger partial charge in [0.15, 0.2) is 0 Å². The Morgan fingerprint density at radius 1 is 1.38 bits per heavy atom. The summed E-state index contributed by atoms with van der Waals surface area (Å²) in [5.41, 5.74) is 2.34. The van der Waals surface area contributed by atoms with Crippen molar-refractivity contribution in [1.82, 2.24) is 14.7 Å². The number of aromatic nitrogens is 2. The number of para-hydroxylation sites is 1. The van der Waals surface area contributed by atoms with E-state index in [1.165, 1.54) is 0 Å². The number of benzene rings is 1. The van der Waals surface area contributed by atoms with Crippen LogP contribution in [-0.2, 0) is 4.74 Å². The Hall–Kier alpha value is -2.34. The summed E-state index contributed by atoms with van der Waals surface area (Å²) in [5.74, 6) is 0. The quantitative estimate of drug-likeness (QED) is 0.941. The molecule has 0 aliphatic carbocycles. The monoisotopic (exact) mass is 328 g/mol. The maximum absolute atomic E-state index is 12.6. The largest absolute Gasteiger partial charge is 0.372 e. The molecule has 1 unspecified atom stereocenters. The van der Waals surface area contributed by atoms with Gasteiger partial charge in [0.1, 0.15) is 0 Å². The lowest BCUT2D eigenvalue weighted by Gasteiger charge is -2.39. The normalized spacial score (nSPS) is 20.9. The van der Waals surface area contributed by atoms with Crippen LogP contribution in [0.4, 0.5) is 10.5 Å². The first-order valence-corrected chi connectivity index (χ1v) is 8.32. The van der Waals surface area contributed by atoms with Gasteiger partial charge in [-0.2, -0.15) is 5.10 Å². The summed E-state index contributed by atoms with van der Waals surface area (Å²) in [5, 5.41) is 7.37. The van der Waals surface area contributed by atoms with E-state index >= 15 is 0 Å². The van der Waals surface area contributed by atoms with Crippen molar-refractivity contribution in [1.29, 1.82) is 0 Å². The first-order valence-electron chi connectivity index (χ1n) is 8.32. The van der Waals surface area contributed by atoms with E-state index < -0.39 is 0 Å². The third-order valence-electron chi connectivity index (χ3n) is 4.62. The van der Waals surface area contributed by atoms with Gasteiger partial charge in [0.25, 0.3) is 0 Å². The van der Waals surface area contributed by atoms with Gasteiger partial charge in [-0.3, -0.25) is 0 Å². The minimum atomic E-state index is -0.265. The highest BCUT2D eigenvalue weighted by atomic mass is 16.5. The van der Waals surface area contributed by atoms with Gasteiger partial charge in [0.2, 0.25) is 0 Å². The Morgan fingerprint density at radius 2 is 2.12 bits per heavy atom. The second-order valence-electron chi connectivity index (χ2n) is 6.39. The van der Waals surface area contributed by atoms with Gasteiger partial charge in [0.05, 0.1) is 42.0 Å². The molecule has 2 aromatic rings. The van der Waals surface area contributed by atoms with E-state index in [2.05, 4.69) is 17.3 Å². The molecule has 1 aromatic heterocycles. The molecule has 0 bridgehead atoms. The van der Waals surface area contributed by atoms with Crippen LogP contribution in [0.25, 0.3) is 5.69 Å². The lowest BCUT2D eigenvalue weighted by Crippen LogP contribution is -2.53. The molecule has 128 valence electrons. The Bertz CT molecular complexity index is 713. The Kier molecular flexibility index (Phi) is 4.57. The molecule has 0 saturated carbocycles. The molecule has 2 heterocycles. The summed E-state index contributed by atoms with van der Waals surface area (Å²) in [7, 11) is 0. The number of nitrogens with zero attached hydrogens (tertiary/aromatic N) is 3. The number of amides is 2. The lowest BCUT2D eigenvalue weighted by atomic mass is 10.0. The Labute approximate surface area is 142 Å². The SMILES string of the molecule is CCC1(C)CN(C(=O)Nc2cnn(-c3ccccc3)c2C)CCO1. The number of hydrogen-bond donors (Lipinski definition) is 1. The predicted octanol–water partition coefficient (Wildman–Crippen LogP) is 3.21. The molecule has 0 spiro atoms. The standard InChI is InChI=1S/C18H24N4O2/c1-4-18(3)13-21(10-11-24-18)17(23)20-16-12-19-22(14(16)2)15-8-6-5-7-9-15/h5-9,12H,4,10-11,13H2,1-3H3,(H,20,23). The number of carbonyl (C=O) groups is 1. The van der Waals surface area contributed by atoms with Crippen LogP contribution in [0.15, 0.2) is 36.5 Å². The fourth-order valence-electron chi connectivity index (χ4n) is 2.87. The van der Waals surface area contributed by atoms with Gasteiger partial charge in [-0.15, -0.1) is 0 Å². The Morgan fingerprint density at radius 3 is 2.83 bits per heavy atom. The number of morpholine rings is 1. The number of nitrogens with one attached hydrogen (secondary N) is 1. The van der Waals surface area contributed by atoms with Crippen molar-refractivity contribution in [3.05, 3.63) is 42.2 Å². The van der Waals surface area contributed by atoms with Crippen LogP contribution in [0.2, 0.25) is 0 Å². The van der Waals surface area contributed by atoms with Crippen LogP contribution in [-0.4, -0.2) is 46.0 Å². The van der Waals surface area contributed by atoms with Crippen LogP contribution in [0, 0.1) is 6.92 Å². The van der Waals surface area contributed by atoms with Gasteiger partial charge < -0.3 is 15.0 Å². The molecular weight excluding hydrogens is 304 g/mol. The molecule has 1 aliphatic rings. The van der Waals surface area contributed by atoms with Crippen molar-refractivity contribution in [3.63, 3.8) is 0 Å². The van der Waals surface area contributed by atoms with E-state index in [0.717, 1.165) is 23.5 Å². The fourth-order valence-corrected chi connectivity index (χ4v) is 2.87. The molecule has 6 nitrogen and oxygen atoms in total. The van der Waals surface area contributed by atoms with Gasteiger partial charge in [-0.1, -0.05) is 25.1 Å². The van der Waals surface area contributed by atoms with Crippen LogP contribution in [0.5, 0.6) is 0 Å². The average Bonchev–Trinajstić information content (AvgIpc) is 2.96. The number of carbonyl (C=O) groups excluding carboxylic acids is 1. The highest BCUT2D eigenvalue weighted by Gasteiger charge is 2.32. The second kappa shape index (κ2) is 6.65. The summed E-state index contributed by atoms with van der Waals surface area (Å²) < 4.78 is 7.62. The van der Waals surface area contributed by atoms with E-state index in [0.29, 0.717) is 19.7 Å². The van der Waals surface area contributed by atoms with Gasteiger partial charge in [-0.25, -0.2) is 9.48 Å². The van der Waals surface area contributed by atoms with E-state index in [9.17, 15) is 4.79 Å². The smallest absolute Gasteiger partial charge is 0.322 e. The molecule has 24 heavy (non-hydrogen) atoms. The molecule has 1 atom stereocenters. The summed E-state index contributed by atoms with van der Waals surface area (Å²) in [6.45, 7) is 7.85. The summed E-state index contributed by atoms with van der Waals surface area (Å²) in [4.78, 5) is 14.4. The lowest BCUT2D eigenvalue weighted by molar-refractivity contribution is -0.0860. The number of ether oxygens (including phenoxy) is 1. The van der Waals surface area contributed by atoms with Crippen molar-refractivity contribution >= 4 is 11.7 Å². The van der Waals surface area contributed by atoms with Crippen LogP contribution in [0.1, 0.15) is 26.0 Å². The minimum absolute atomic E-state index is 0.103. The molecule has 1 saturated heterocycles. The summed E-state index contributed by atoms with van der Waals surface area (Å²) in [6, 6.07) is 9.77. The van der Waals surface area contributed by atoms with Crippen molar-refractivity contribution < 1.29 is 9.53 Å². The number of urea groups is 1. The van der Waals surface area contributed by atoms with Crippen molar-refractivity contribution in [2.24, 2.45) is 0 Å². The highest BCUT2D eigenvalue weighted by molar-refractivity contribution is 5.90.